The molecule has 3 rings (SSSR count). The summed E-state index contributed by atoms with van der Waals surface area (Å²) in [7, 11) is 0. The van der Waals surface area contributed by atoms with Gasteiger partial charge in [-0.2, -0.15) is 26.3 Å². The van der Waals surface area contributed by atoms with Crippen LogP contribution in [0.4, 0.5) is 43.4 Å². The molecule has 31 heavy (non-hydrogen) atoms. The van der Waals surface area contributed by atoms with Crippen molar-refractivity contribution >= 4 is 40.3 Å². The van der Waals surface area contributed by atoms with Gasteiger partial charge in [-0.25, -0.2) is 4.85 Å². The van der Waals surface area contributed by atoms with Gasteiger partial charge in [0.15, 0.2) is 10.8 Å². The zero-order valence-electron chi connectivity index (χ0n) is 16.0. The van der Waals surface area contributed by atoms with Gasteiger partial charge in [-0.1, -0.05) is 6.07 Å². The van der Waals surface area contributed by atoms with Gasteiger partial charge in [0, 0.05) is 11.4 Å². The first-order valence-electron chi connectivity index (χ1n) is 8.64. The Morgan fingerprint density at radius 2 is 1.48 bits per heavy atom. The zero-order valence-corrected chi connectivity index (χ0v) is 16.8. The maximum atomic E-state index is 13.3. The van der Waals surface area contributed by atoms with E-state index in [1.807, 2.05) is 0 Å². The van der Waals surface area contributed by atoms with Gasteiger partial charge in [-0.15, -0.1) is 0 Å². The number of carbonyl (C=O) groups is 1. The van der Waals surface area contributed by atoms with Crippen LogP contribution in [-0.4, -0.2) is 16.6 Å². The lowest BCUT2D eigenvalue weighted by Crippen LogP contribution is -2.44. The maximum Gasteiger partial charge on any atom is 0.416 e. The molecule has 2 aromatic rings. The summed E-state index contributed by atoms with van der Waals surface area (Å²) >= 11 is 5.32. The van der Waals surface area contributed by atoms with E-state index in [0.717, 1.165) is 35.2 Å². The van der Waals surface area contributed by atoms with Crippen molar-refractivity contribution in [2.75, 3.05) is 9.80 Å². The Morgan fingerprint density at radius 1 is 0.935 bits per heavy atom. The number of halogens is 6. The van der Waals surface area contributed by atoms with Gasteiger partial charge >= 0.3 is 12.4 Å². The molecular weight excluding hydrogens is 444 g/mol. The monoisotopic (exact) mass is 457 g/mol. The van der Waals surface area contributed by atoms with E-state index < -0.39 is 40.6 Å². The van der Waals surface area contributed by atoms with Crippen molar-refractivity contribution < 1.29 is 31.1 Å². The summed E-state index contributed by atoms with van der Waals surface area (Å²) in [6, 6.07) is 6.69. The molecule has 0 aromatic heterocycles. The molecule has 0 aliphatic carbocycles. The molecule has 4 nitrogen and oxygen atoms in total. The average Bonchev–Trinajstić information content (AvgIpc) is 2.84. The minimum atomic E-state index is -4.83. The molecule has 0 atom stereocenters. The van der Waals surface area contributed by atoms with Gasteiger partial charge in [-0.3, -0.25) is 9.69 Å². The van der Waals surface area contributed by atoms with Crippen molar-refractivity contribution in [3.05, 3.63) is 65.0 Å². The fraction of sp³-hybridized carbons (Fsp3) is 0.250. The molecule has 0 saturated carbocycles. The van der Waals surface area contributed by atoms with Crippen LogP contribution in [0.15, 0.2) is 42.5 Å². The normalized spacial score (nSPS) is 16.6. The second-order valence-corrected chi connectivity index (χ2v) is 7.54. The number of carbonyl (C=O) groups excluding carboxylic acids is 1. The van der Waals surface area contributed by atoms with Gasteiger partial charge in [0.25, 0.3) is 5.91 Å². The Labute approximate surface area is 178 Å². The summed E-state index contributed by atoms with van der Waals surface area (Å²) in [5, 5.41) is -0.196. The van der Waals surface area contributed by atoms with E-state index in [1.165, 1.54) is 24.8 Å². The summed E-state index contributed by atoms with van der Waals surface area (Å²) in [6.45, 7) is 9.83. The van der Waals surface area contributed by atoms with Crippen LogP contribution in [0, 0.1) is 6.57 Å². The summed E-state index contributed by atoms with van der Waals surface area (Å²) in [5.41, 5.74) is -4.15. The Morgan fingerprint density at radius 3 is 1.97 bits per heavy atom. The number of hydrogen-bond donors (Lipinski definition) is 0. The average molecular weight is 457 g/mol. The topological polar surface area (TPSA) is 27.9 Å². The van der Waals surface area contributed by atoms with Crippen molar-refractivity contribution in [1.82, 2.24) is 0 Å². The van der Waals surface area contributed by atoms with Crippen LogP contribution < -0.4 is 9.80 Å². The highest BCUT2D eigenvalue weighted by molar-refractivity contribution is 7.81. The first-order chi connectivity index (χ1) is 14.2. The number of nitrogens with zero attached hydrogens (tertiary/aromatic N) is 3. The SMILES string of the molecule is [C-]#[N+]c1ccc(N2C(=O)C(C)(C)N(c3ccc(C(F)(F)F)cc3)C2=S)cc1C(F)(F)F. The van der Waals surface area contributed by atoms with Gasteiger partial charge < -0.3 is 4.90 Å². The summed E-state index contributed by atoms with van der Waals surface area (Å²) < 4.78 is 78.6. The summed E-state index contributed by atoms with van der Waals surface area (Å²) in [4.78, 5) is 18.1. The van der Waals surface area contributed by atoms with E-state index in [9.17, 15) is 31.1 Å². The third-order valence-corrected chi connectivity index (χ3v) is 5.15. The third-order valence-electron chi connectivity index (χ3n) is 4.79. The van der Waals surface area contributed by atoms with Crippen LogP contribution in [0.3, 0.4) is 0 Å². The van der Waals surface area contributed by atoms with Crippen molar-refractivity contribution in [1.29, 1.82) is 0 Å². The maximum absolute atomic E-state index is 13.3. The van der Waals surface area contributed by atoms with Crippen molar-refractivity contribution in [2.45, 2.75) is 31.7 Å². The summed E-state index contributed by atoms with van der Waals surface area (Å²) in [6.07, 6.45) is -9.39. The second-order valence-electron chi connectivity index (χ2n) is 7.17. The van der Waals surface area contributed by atoms with E-state index in [4.69, 9.17) is 18.8 Å². The largest absolute Gasteiger partial charge is 0.416 e. The Bertz CT molecular complexity index is 1100. The van der Waals surface area contributed by atoms with Gasteiger partial charge in [-0.05, 0) is 62.5 Å². The van der Waals surface area contributed by atoms with Crippen LogP contribution in [0.2, 0.25) is 0 Å². The summed E-state index contributed by atoms with van der Waals surface area (Å²) in [5.74, 6) is -0.666. The van der Waals surface area contributed by atoms with E-state index in [-0.39, 0.29) is 16.5 Å². The number of alkyl halides is 6. The van der Waals surface area contributed by atoms with Gasteiger partial charge in [0.2, 0.25) is 0 Å². The fourth-order valence-electron chi connectivity index (χ4n) is 3.24. The molecule has 0 unspecified atom stereocenters. The highest BCUT2D eigenvalue weighted by Gasteiger charge is 2.50. The van der Waals surface area contributed by atoms with Crippen LogP contribution in [0.25, 0.3) is 4.85 Å². The quantitative estimate of drug-likeness (QED) is 0.306. The Balaban J connectivity index is 2.07. The molecule has 0 radical (unpaired) electrons. The minimum Gasteiger partial charge on any atom is -0.304 e. The molecule has 162 valence electrons. The molecule has 2 aromatic carbocycles. The lowest BCUT2D eigenvalue weighted by atomic mass is 10.0. The fourth-order valence-corrected chi connectivity index (χ4v) is 3.77. The number of benzene rings is 2. The minimum absolute atomic E-state index is 0.174. The molecule has 11 heteroatoms. The number of thiocarbonyl (C=S) groups is 1. The van der Waals surface area contributed by atoms with Crippen LogP contribution in [-0.2, 0) is 17.1 Å². The molecular formula is C20H13F6N3OS. The molecule has 0 N–H and O–H groups in total. The number of hydrogen-bond acceptors (Lipinski definition) is 2. The van der Waals surface area contributed by atoms with Gasteiger partial charge in [0.05, 0.1) is 17.7 Å². The predicted molar refractivity (Wildman–Crippen MR) is 106 cm³/mol. The van der Waals surface area contributed by atoms with Crippen molar-refractivity contribution in [3.63, 3.8) is 0 Å². The molecule has 1 fully saturated rings. The van der Waals surface area contributed by atoms with Crippen molar-refractivity contribution in [2.24, 2.45) is 0 Å². The first kappa shape index (κ1) is 22.6. The number of anilines is 2. The van der Waals surface area contributed by atoms with Crippen LogP contribution >= 0.6 is 12.2 Å². The van der Waals surface area contributed by atoms with E-state index in [0.29, 0.717) is 6.07 Å². The van der Waals surface area contributed by atoms with Crippen LogP contribution in [0.5, 0.6) is 0 Å². The zero-order chi connectivity index (χ0) is 23.4. The molecule has 1 aliphatic heterocycles. The first-order valence-corrected chi connectivity index (χ1v) is 9.05. The van der Waals surface area contributed by atoms with Crippen LogP contribution in [0.1, 0.15) is 25.0 Å². The third kappa shape index (κ3) is 3.83. The molecule has 0 bridgehead atoms. The molecule has 1 amide bonds. The Kier molecular flexibility index (Phi) is 5.26. The van der Waals surface area contributed by atoms with Crippen molar-refractivity contribution in [3.8, 4) is 0 Å². The lowest BCUT2D eigenvalue weighted by Gasteiger charge is -2.29. The molecule has 1 aliphatic rings. The lowest BCUT2D eigenvalue weighted by molar-refractivity contribution is -0.138. The molecule has 1 heterocycles. The van der Waals surface area contributed by atoms with E-state index in [1.54, 1.807) is 0 Å². The van der Waals surface area contributed by atoms with Gasteiger partial charge in [0.1, 0.15) is 5.54 Å². The predicted octanol–water partition coefficient (Wildman–Crippen LogP) is 6.19. The number of rotatable bonds is 2. The Hall–Kier alpha value is -3.13. The highest BCUT2D eigenvalue weighted by Crippen LogP contribution is 2.42. The number of amides is 1. The molecule has 1 saturated heterocycles. The highest BCUT2D eigenvalue weighted by atomic mass is 32.1. The van der Waals surface area contributed by atoms with E-state index >= 15 is 0 Å². The second kappa shape index (κ2) is 7.23. The smallest absolute Gasteiger partial charge is 0.304 e. The van der Waals surface area contributed by atoms with E-state index in [2.05, 4.69) is 4.85 Å². The standard InChI is InChI=1S/C20H13F6N3OS/c1-18(2)16(30)28(13-8-9-15(27-3)14(10-13)20(24,25)26)17(31)29(18)12-6-4-11(5-7-12)19(21,22)23/h4-10H,1-2H3. The molecule has 0 spiro atoms.